The van der Waals surface area contributed by atoms with Crippen molar-refractivity contribution in [2.75, 3.05) is 0 Å². The predicted molar refractivity (Wildman–Crippen MR) is 43.8 cm³/mol. The van der Waals surface area contributed by atoms with Crippen molar-refractivity contribution in [3.63, 3.8) is 0 Å². The molecular formula is C9H11F3O. The van der Waals surface area contributed by atoms with Crippen LogP contribution in [0.15, 0.2) is 23.5 Å². The largest absolute Gasteiger partial charge is 0.509 e. The Morgan fingerprint density at radius 2 is 2.00 bits per heavy atom. The third-order valence-electron chi connectivity index (χ3n) is 1.88. The number of rotatable bonds is 2. The molecule has 3 atom stereocenters. The van der Waals surface area contributed by atoms with Gasteiger partial charge in [-0.1, -0.05) is 6.08 Å². The normalized spacial score (nSPS) is 30.8. The lowest BCUT2D eigenvalue weighted by Gasteiger charge is -2.20. The molecule has 0 aliphatic heterocycles. The van der Waals surface area contributed by atoms with Gasteiger partial charge in [0, 0.05) is 6.42 Å². The summed E-state index contributed by atoms with van der Waals surface area (Å²) in [7, 11) is 0. The lowest BCUT2D eigenvalue weighted by molar-refractivity contribution is 0.161. The van der Waals surface area contributed by atoms with Crippen LogP contribution in [0.2, 0.25) is 0 Å². The van der Waals surface area contributed by atoms with Gasteiger partial charge in [-0.15, -0.1) is 0 Å². The first kappa shape index (κ1) is 10.2. The van der Waals surface area contributed by atoms with E-state index in [1.54, 1.807) is 0 Å². The standard InChI is InChI=1S/C9H11F3O/c1-5(10)4-6-2-3-7(13)9(12)8(6)11/h2-3,5,8-9,13H,4H2,1H3. The number of alkyl halides is 3. The lowest BCUT2D eigenvalue weighted by Crippen LogP contribution is -2.25. The molecule has 0 saturated carbocycles. The molecule has 0 fully saturated rings. The minimum absolute atomic E-state index is 0.0558. The molecule has 1 aliphatic carbocycles. The number of aliphatic hydroxyl groups excluding tert-OH is 1. The highest BCUT2D eigenvalue weighted by molar-refractivity contribution is 5.28. The minimum atomic E-state index is -2.04. The Kier molecular flexibility index (Phi) is 3.01. The number of hydrogen-bond acceptors (Lipinski definition) is 1. The van der Waals surface area contributed by atoms with E-state index >= 15 is 0 Å². The Hall–Kier alpha value is -0.930. The van der Waals surface area contributed by atoms with Crippen molar-refractivity contribution in [3.05, 3.63) is 23.5 Å². The number of aliphatic hydroxyl groups is 1. The maximum atomic E-state index is 13.0. The second kappa shape index (κ2) is 3.85. The molecule has 1 nitrogen and oxygen atoms in total. The van der Waals surface area contributed by atoms with Crippen LogP contribution in [0.1, 0.15) is 13.3 Å². The molecule has 0 saturated heterocycles. The fourth-order valence-corrected chi connectivity index (χ4v) is 1.22. The van der Waals surface area contributed by atoms with Crippen LogP contribution in [0.5, 0.6) is 0 Å². The summed E-state index contributed by atoms with van der Waals surface area (Å²) in [6.45, 7) is 1.28. The average molecular weight is 192 g/mol. The predicted octanol–water partition coefficient (Wildman–Crippen LogP) is 2.79. The monoisotopic (exact) mass is 192 g/mol. The van der Waals surface area contributed by atoms with Gasteiger partial charge in [0.2, 0.25) is 0 Å². The van der Waals surface area contributed by atoms with E-state index in [2.05, 4.69) is 0 Å². The summed E-state index contributed by atoms with van der Waals surface area (Å²) in [6, 6.07) is 0. The van der Waals surface area contributed by atoms with Gasteiger partial charge >= 0.3 is 0 Å². The van der Waals surface area contributed by atoms with Gasteiger partial charge in [0.1, 0.15) is 11.9 Å². The maximum Gasteiger partial charge on any atom is 0.191 e. The van der Waals surface area contributed by atoms with Gasteiger partial charge in [-0.25, -0.2) is 13.2 Å². The quantitative estimate of drug-likeness (QED) is 0.713. The van der Waals surface area contributed by atoms with Crippen molar-refractivity contribution >= 4 is 0 Å². The van der Waals surface area contributed by atoms with Crippen LogP contribution in [0, 0.1) is 0 Å². The molecule has 3 unspecified atom stereocenters. The molecular weight excluding hydrogens is 181 g/mol. The summed E-state index contributed by atoms with van der Waals surface area (Å²) in [5, 5.41) is 8.81. The Morgan fingerprint density at radius 3 is 2.54 bits per heavy atom. The molecule has 0 heterocycles. The SMILES string of the molecule is CC(F)CC1=CC=C(O)C(F)C1F. The lowest BCUT2D eigenvalue weighted by atomic mass is 9.96. The molecule has 13 heavy (non-hydrogen) atoms. The molecule has 0 radical (unpaired) electrons. The number of hydrogen-bond donors (Lipinski definition) is 1. The van der Waals surface area contributed by atoms with Gasteiger partial charge in [0.05, 0.1) is 0 Å². The minimum Gasteiger partial charge on any atom is -0.509 e. The van der Waals surface area contributed by atoms with Crippen molar-refractivity contribution in [2.24, 2.45) is 0 Å². The average Bonchev–Trinajstić information content (AvgIpc) is 2.06. The Labute approximate surface area is 74.6 Å². The second-order valence-electron chi connectivity index (χ2n) is 3.12. The van der Waals surface area contributed by atoms with E-state index in [9.17, 15) is 13.2 Å². The topological polar surface area (TPSA) is 20.2 Å². The first-order valence-electron chi connectivity index (χ1n) is 4.04. The summed E-state index contributed by atoms with van der Waals surface area (Å²) in [6.07, 6.45) is -3.00. The third-order valence-corrected chi connectivity index (χ3v) is 1.88. The van der Waals surface area contributed by atoms with Gasteiger partial charge in [-0.2, -0.15) is 0 Å². The highest BCUT2D eigenvalue weighted by atomic mass is 19.2. The van der Waals surface area contributed by atoms with Crippen LogP contribution >= 0.6 is 0 Å². The molecule has 0 aromatic rings. The smallest absolute Gasteiger partial charge is 0.191 e. The van der Waals surface area contributed by atoms with Crippen molar-refractivity contribution < 1.29 is 18.3 Å². The zero-order chi connectivity index (χ0) is 10.0. The van der Waals surface area contributed by atoms with Gasteiger partial charge < -0.3 is 5.11 Å². The van der Waals surface area contributed by atoms with Crippen molar-refractivity contribution in [2.45, 2.75) is 31.9 Å². The van der Waals surface area contributed by atoms with Gasteiger partial charge in [-0.05, 0) is 18.6 Å². The zero-order valence-electron chi connectivity index (χ0n) is 7.17. The summed E-state index contributed by atoms with van der Waals surface area (Å²) in [5.74, 6) is -0.636. The Morgan fingerprint density at radius 1 is 1.38 bits per heavy atom. The molecule has 0 aromatic heterocycles. The molecule has 1 N–H and O–H groups in total. The van der Waals surface area contributed by atoms with E-state index in [0.717, 1.165) is 6.08 Å². The highest BCUT2D eigenvalue weighted by Crippen LogP contribution is 2.27. The first-order valence-corrected chi connectivity index (χ1v) is 4.04. The van der Waals surface area contributed by atoms with Gasteiger partial charge in [0.15, 0.2) is 12.3 Å². The molecule has 0 amide bonds. The molecule has 4 heteroatoms. The maximum absolute atomic E-state index is 13.0. The number of halogens is 3. The van der Waals surface area contributed by atoms with Crippen LogP contribution in [-0.4, -0.2) is 23.6 Å². The Bertz CT molecular complexity index is 245. The molecule has 0 aromatic carbocycles. The van der Waals surface area contributed by atoms with E-state index < -0.39 is 24.3 Å². The van der Waals surface area contributed by atoms with Crippen LogP contribution in [0.3, 0.4) is 0 Å². The van der Waals surface area contributed by atoms with E-state index in [0.29, 0.717) is 0 Å². The fourth-order valence-electron chi connectivity index (χ4n) is 1.22. The Balaban J connectivity index is 2.75. The van der Waals surface area contributed by atoms with E-state index in [1.165, 1.54) is 13.0 Å². The second-order valence-corrected chi connectivity index (χ2v) is 3.12. The molecule has 0 bridgehead atoms. The summed E-state index contributed by atoms with van der Waals surface area (Å²) >= 11 is 0. The fraction of sp³-hybridized carbons (Fsp3) is 0.556. The third kappa shape index (κ3) is 2.26. The highest BCUT2D eigenvalue weighted by Gasteiger charge is 2.30. The summed E-state index contributed by atoms with van der Waals surface area (Å²) in [4.78, 5) is 0. The molecule has 1 rings (SSSR count). The van der Waals surface area contributed by atoms with Gasteiger partial charge in [-0.3, -0.25) is 0 Å². The van der Waals surface area contributed by atoms with Crippen LogP contribution < -0.4 is 0 Å². The van der Waals surface area contributed by atoms with Crippen molar-refractivity contribution in [1.29, 1.82) is 0 Å². The summed E-state index contributed by atoms with van der Waals surface area (Å²) < 4.78 is 38.3. The van der Waals surface area contributed by atoms with E-state index in [1.807, 2.05) is 0 Å². The number of allylic oxidation sites excluding steroid dienone is 4. The van der Waals surface area contributed by atoms with Crippen LogP contribution in [0.25, 0.3) is 0 Å². The summed E-state index contributed by atoms with van der Waals surface area (Å²) in [5.41, 5.74) is 0.0558. The van der Waals surface area contributed by atoms with Crippen LogP contribution in [-0.2, 0) is 0 Å². The van der Waals surface area contributed by atoms with E-state index in [-0.39, 0.29) is 12.0 Å². The molecule has 1 aliphatic rings. The first-order chi connectivity index (χ1) is 6.02. The van der Waals surface area contributed by atoms with Crippen LogP contribution in [0.4, 0.5) is 13.2 Å². The molecule has 0 spiro atoms. The van der Waals surface area contributed by atoms with Gasteiger partial charge in [0.25, 0.3) is 0 Å². The van der Waals surface area contributed by atoms with Crippen molar-refractivity contribution in [3.8, 4) is 0 Å². The molecule has 74 valence electrons. The van der Waals surface area contributed by atoms with Crippen molar-refractivity contribution in [1.82, 2.24) is 0 Å². The zero-order valence-corrected chi connectivity index (χ0v) is 7.17. The van der Waals surface area contributed by atoms with E-state index in [4.69, 9.17) is 5.11 Å².